The lowest BCUT2D eigenvalue weighted by molar-refractivity contribution is -0.137. The van der Waals surface area contributed by atoms with Crippen molar-refractivity contribution in [3.63, 3.8) is 0 Å². The van der Waals surface area contributed by atoms with Crippen LogP contribution in [0.25, 0.3) is 0 Å². The molecule has 3 rings (SSSR count). The third-order valence-electron chi connectivity index (χ3n) is 6.48. The quantitative estimate of drug-likeness (QED) is 0.207. The number of ether oxygens (including phenoxy) is 4. The van der Waals surface area contributed by atoms with E-state index in [-0.39, 0.29) is 22.8 Å². The smallest absolute Gasteiger partial charge is 0.336 e. The van der Waals surface area contributed by atoms with Gasteiger partial charge in [0.05, 0.1) is 42.9 Å². The lowest BCUT2D eigenvalue weighted by Crippen LogP contribution is -2.32. The van der Waals surface area contributed by atoms with Crippen LogP contribution in [-0.4, -0.2) is 63.7 Å². The van der Waals surface area contributed by atoms with Crippen molar-refractivity contribution in [2.24, 2.45) is 0 Å². The Morgan fingerprint density at radius 1 is 0.976 bits per heavy atom. The molecule has 1 unspecified atom stereocenters. The van der Waals surface area contributed by atoms with Crippen LogP contribution in [0.1, 0.15) is 38.2 Å². The van der Waals surface area contributed by atoms with Gasteiger partial charge in [-0.05, 0) is 57.5 Å². The number of carbonyl (C=O) groups is 2. The normalized spacial score (nSPS) is 14.4. The molecule has 1 heterocycles. The molecule has 1 aliphatic rings. The molecule has 0 aromatic heterocycles. The van der Waals surface area contributed by atoms with E-state index < -0.39 is 24.0 Å². The predicted octanol–water partition coefficient (Wildman–Crippen LogP) is 4.76. The summed E-state index contributed by atoms with van der Waals surface area (Å²) in [5.74, 6) is -1.09. The van der Waals surface area contributed by atoms with Crippen molar-refractivity contribution in [3.8, 4) is 11.5 Å². The Hall–Kier alpha value is -3.24. The number of esters is 2. The molecular formula is C30H36Cl2N2O7. The Kier molecular flexibility index (Phi) is 12.3. The molecule has 3 N–H and O–H groups in total. The van der Waals surface area contributed by atoms with E-state index in [0.717, 1.165) is 6.42 Å². The molecule has 1 atom stereocenters. The van der Waals surface area contributed by atoms with E-state index in [9.17, 15) is 14.7 Å². The van der Waals surface area contributed by atoms with Gasteiger partial charge in [0.25, 0.3) is 0 Å². The van der Waals surface area contributed by atoms with E-state index in [1.165, 1.54) is 14.2 Å². The number of nitrogens with one attached hydrogen (secondary N) is 2. The number of allylic oxidation sites excluding steroid dienone is 2. The lowest BCUT2D eigenvalue weighted by Gasteiger charge is -2.31. The van der Waals surface area contributed by atoms with Crippen molar-refractivity contribution < 1.29 is 33.6 Å². The van der Waals surface area contributed by atoms with E-state index in [1.54, 1.807) is 26.0 Å². The lowest BCUT2D eigenvalue weighted by atomic mass is 9.80. The van der Waals surface area contributed by atoms with Crippen molar-refractivity contribution in [2.75, 3.05) is 40.5 Å². The van der Waals surface area contributed by atoms with Crippen molar-refractivity contribution >= 4 is 35.1 Å². The van der Waals surface area contributed by atoms with Crippen molar-refractivity contribution in [3.05, 3.63) is 80.6 Å². The Bertz CT molecular complexity index is 1240. The fourth-order valence-corrected chi connectivity index (χ4v) is 5.14. The second-order valence-corrected chi connectivity index (χ2v) is 10.3. The number of rotatable bonds is 14. The number of aliphatic hydroxyl groups is 1. The first-order valence-electron chi connectivity index (χ1n) is 13.2. The van der Waals surface area contributed by atoms with E-state index in [1.807, 2.05) is 30.3 Å². The summed E-state index contributed by atoms with van der Waals surface area (Å²) in [6, 6.07) is 12.5. The molecule has 2 aromatic rings. The fraction of sp³-hybridized carbons (Fsp3) is 0.400. The molecule has 0 fully saturated rings. The largest absolute Gasteiger partial charge is 0.492 e. The van der Waals surface area contributed by atoms with Gasteiger partial charge in [-0.1, -0.05) is 41.4 Å². The molecule has 0 saturated heterocycles. The van der Waals surface area contributed by atoms with E-state index in [0.29, 0.717) is 59.6 Å². The summed E-state index contributed by atoms with van der Waals surface area (Å²) in [6.07, 6.45) is 0.790. The molecule has 41 heavy (non-hydrogen) atoms. The van der Waals surface area contributed by atoms with E-state index in [2.05, 4.69) is 10.6 Å². The SMILES string of the molecule is COC(=O)C1=C(C)NC(C)=C(C(=O)OC)C1c1cc(Cl)cc(Cl)c1OCCCCNCC(O)COc1ccccc1. The highest BCUT2D eigenvalue weighted by Crippen LogP contribution is 2.46. The Labute approximate surface area is 250 Å². The van der Waals surface area contributed by atoms with Gasteiger partial charge >= 0.3 is 11.9 Å². The number of methoxy groups -OCH3 is 2. The van der Waals surface area contributed by atoms with Crippen molar-refractivity contribution in [1.82, 2.24) is 10.6 Å². The summed E-state index contributed by atoms with van der Waals surface area (Å²) in [4.78, 5) is 25.8. The number of para-hydroxylation sites is 1. The van der Waals surface area contributed by atoms with E-state index in [4.69, 9.17) is 42.1 Å². The molecule has 222 valence electrons. The summed E-state index contributed by atoms with van der Waals surface area (Å²) in [5, 5.41) is 17.0. The molecular weight excluding hydrogens is 571 g/mol. The maximum absolute atomic E-state index is 12.9. The molecule has 9 nitrogen and oxygen atoms in total. The molecule has 0 saturated carbocycles. The molecule has 2 aromatic carbocycles. The van der Waals surface area contributed by atoms with Gasteiger partial charge in [0, 0.05) is 28.5 Å². The number of halogens is 2. The highest BCUT2D eigenvalue weighted by Gasteiger charge is 2.39. The fourth-order valence-electron chi connectivity index (χ4n) is 4.58. The Morgan fingerprint density at radius 3 is 2.22 bits per heavy atom. The van der Waals surface area contributed by atoms with Crippen molar-refractivity contribution in [2.45, 2.75) is 38.7 Å². The van der Waals surface area contributed by atoms with Gasteiger partial charge in [0.2, 0.25) is 0 Å². The van der Waals surface area contributed by atoms with Crippen LogP contribution in [0.3, 0.4) is 0 Å². The van der Waals surface area contributed by atoms with Gasteiger partial charge in [-0.25, -0.2) is 9.59 Å². The minimum atomic E-state index is -0.886. The van der Waals surface area contributed by atoms with Gasteiger partial charge in [-0.3, -0.25) is 0 Å². The standard InChI is InChI=1S/C30H36Cl2N2O7/c1-18-25(29(36)38-3)27(26(19(2)34-18)30(37)39-4)23-14-20(31)15-24(32)28(23)40-13-9-8-12-33-16-21(35)17-41-22-10-6-5-7-11-22/h5-7,10-11,14-15,21,27,33-35H,8-9,12-13,16-17H2,1-4H3. The van der Waals surface area contributed by atoms with Crippen LogP contribution in [0.4, 0.5) is 0 Å². The molecule has 0 spiro atoms. The average Bonchev–Trinajstić information content (AvgIpc) is 2.95. The number of hydrogen-bond acceptors (Lipinski definition) is 9. The number of carbonyl (C=O) groups excluding carboxylic acids is 2. The monoisotopic (exact) mass is 606 g/mol. The van der Waals surface area contributed by atoms with Gasteiger partial charge in [0.1, 0.15) is 24.2 Å². The maximum Gasteiger partial charge on any atom is 0.336 e. The molecule has 1 aliphatic heterocycles. The minimum Gasteiger partial charge on any atom is -0.492 e. The Balaban J connectivity index is 1.66. The molecule has 0 radical (unpaired) electrons. The van der Waals surface area contributed by atoms with Crippen LogP contribution in [0, 0.1) is 0 Å². The van der Waals surface area contributed by atoms with Crippen LogP contribution >= 0.6 is 23.2 Å². The molecule has 11 heteroatoms. The second-order valence-electron chi connectivity index (χ2n) is 9.46. The molecule has 0 aliphatic carbocycles. The van der Waals surface area contributed by atoms with Crippen LogP contribution in [0.5, 0.6) is 11.5 Å². The van der Waals surface area contributed by atoms with Crippen LogP contribution < -0.4 is 20.1 Å². The summed E-state index contributed by atoms with van der Waals surface area (Å²) >= 11 is 13.0. The summed E-state index contributed by atoms with van der Waals surface area (Å²) < 4.78 is 21.8. The Morgan fingerprint density at radius 2 is 1.61 bits per heavy atom. The first-order valence-corrected chi connectivity index (χ1v) is 14.0. The van der Waals surface area contributed by atoms with Crippen LogP contribution in [0.2, 0.25) is 10.0 Å². The van der Waals surface area contributed by atoms with Crippen molar-refractivity contribution in [1.29, 1.82) is 0 Å². The summed E-state index contributed by atoms with van der Waals surface area (Å²) in [5.41, 5.74) is 1.94. The highest BCUT2D eigenvalue weighted by atomic mass is 35.5. The third-order valence-corrected chi connectivity index (χ3v) is 6.98. The zero-order valence-electron chi connectivity index (χ0n) is 23.6. The molecule has 0 amide bonds. The van der Waals surface area contributed by atoms with Crippen LogP contribution in [0.15, 0.2) is 65.0 Å². The van der Waals surface area contributed by atoms with Gasteiger partial charge in [0.15, 0.2) is 0 Å². The van der Waals surface area contributed by atoms with Gasteiger partial charge in [-0.15, -0.1) is 0 Å². The molecule has 0 bridgehead atoms. The third kappa shape index (κ3) is 8.63. The second kappa shape index (κ2) is 15.7. The summed E-state index contributed by atoms with van der Waals surface area (Å²) in [6.45, 7) is 5.00. The maximum atomic E-state index is 12.9. The topological polar surface area (TPSA) is 115 Å². The zero-order valence-corrected chi connectivity index (χ0v) is 25.1. The van der Waals surface area contributed by atoms with Gasteiger partial charge < -0.3 is 34.7 Å². The van der Waals surface area contributed by atoms with E-state index >= 15 is 0 Å². The average molecular weight is 608 g/mol. The predicted molar refractivity (Wildman–Crippen MR) is 157 cm³/mol. The number of hydrogen-bond donors (Lipinski definition) is 3. The van der Waals surface area contributed by atoms with Crippen LogP contribution in [-0.2, 0) is 19.1 Å². The zero-order chi connectivity index (χ0) is 29.9. The number of unbranched alkanes of at least 4 members (excludes halogenated alkanes) is 1. The first kappa shape index (κ1) is 32.3. The minimum absolute atomic E-state index is 0.192. The first-order chi connectivity index (χ1) is 19.7. The summed E-state index contributed by atoms with van der Waals surface area (Å²) in [7, 11) is 2.54. The van der Waals surface area contributed by atoms with Gasteiger partial charge in [-0.2, -0.15) is 0 Å². The number of benzene rings is 2. The number of dihydropyridines is 1. The highest BCUT2D eigenvalue weighted by molar-refractivity contribution is 6.35. The number of aliphatic hydroxyl groups excluding tert-OH is 1.